The molecule has 0 radical (unpaired) electrons. The normalized spacial score (nSPS) is 12.8. The van der Waals surface area contributed by atoms with E-state index in [4.69, 9.17) is 27.8 Å². The van der Waals surface area contributed by atoms with Gasteiger partial charge in [-0.15, -0.1) is 0 Å². The first-order valence-electron chi connectivity index (χ1n) is 7.77. The molecule has 0 aromatic heterocycles. The van der Waals surface area contributed by atoms with Crippen LogP contribution in [-0.2, 0) is 6.42 Å². The van der Waals surface area contributed by atoms with Crippen molar-refractivity contribution in [1.29, 1.82) is 0 Å². The van der Waals surface area contributed by atoms with Crippen molar-refractivity contribution < 1.29 is 4.74 Å². The summed E-state index contributed by atoms with van der Waals surface area (Å²) in [4.78, 5) is 0. The Kier molecular flexibility index (Phi) is 7.50. The molecule has 3 nitrogen and oxygen atoms in total. The first kappa shape index (κ1) is 18.3. The molecule has 1 atom stereocenters. The zero-order valence-corrected chi connectivity index (χ0v) is 14.5. The number of hydrogen-bond donors (Lipinski definition) is 2. The molecule has 0 bridgehead atoms. The van der Waals surface area contributed by atoms with Gasteiger partial charge in [0.1, 0.15) is 5.75 Å². The standard InChI is InChI=1S/C17H29ClN2O/c1-5-6-21-17-12(3)8-16(18)13(4)15(17)7-11(2)14(9-19)10-20/h8,11,14H,5-7,9-10,19-20H2,1-4H3. The van der Waals surface area contributed by atoms with Gasteiger partial charge in [0.15, 0.2) is 0 Å². The van der Waals surface area contributed by atoms with Crippen LogP contribution >= 0.6 is 11.6 Å². The average molecular weight is 313 g/mol. The predicted octanol–water partition coefficient (Wildman–Crippen LogP) is 3.46. The largest absolute Gasteiger partial charge is 0.493 e. The molecule has 1 aromatic rings. The van der Waals surface area contributed by atoms with E-state index < -0.39 is 0 Å². The number of benzene rings is 1. The van der Waals surface area contributed by atoms with Gasteiger partial charge < -0.3 is 16.2 Å². The number of nitrogens with two attached hydrogens (primary N) is 2. The van der Waals surface area contributed by atoms with E-state index >= 15 is 0 Å². The van der Waals surface area contributed by atoms with Gasteiger partial charge in [-0.25, -0.2) is 0 Å². The second kappa shape index (κ2) is 8.62. The predicted molar refractivity (Wildman–Crippen MR) is 91.2 cm³/mol. The van der Waals surface area contributed by atoms with Crippen molar-refractivity contribution in [2.75, 3.05) is 19.7 Å². The van der Waals surface area contributed by atoms with E-state index in [-0.39, 0.29) is 0 Å². The molecule has 0 fully saturated rings. The van der Waals surface area contributed by atoms with E-state index in [0.717, 1.165) is 41.3 Å². The maximum absolute atomic E-state index is 6.35. The molecule has 0 aliphatic rings. The van der Waals surface area contributed by atoms with Gasteiger partial charge in [-0.05, 0) is 74.4 Å². The summed E-state index contributed by atoms with van der Waals surface area (Å²) < 4.78 is 5.98. The minimum atomic E-state index is 0.322. The molecule has 0 aliphatic heterocycles. The minimum absolute atomic E-state index is 0.322. The highest BCUT2D eigenvalue weighted by atomic mass is 35.5. The molecule has 4 heteroatoms. The Morgan fingerprint density at radius 3 is 2.38 bits per heavy atom. The lowest BCUT2D eigenvalue weighted by Gasteiger charge is -2.24. The van der Waals surface area contributed by atoms with Crippen molar-refractivity contribution in [3.8, 4) is 5.75 Å². The second-order valence-corrected chi connectivity index (χ2v) is 6.28. The lowest BCUT2D eigenvalue weighted by molar-refractivity contribution is 0.305. The summed E-state index contributed by atoms with van der Waals surface area (Å²) in [5.74, 6) is 1.71. The molecule has 4 N–H and O–H groups in total. The molecule has 1 unspecified atom stereocenters. The van der Waals surface area contributed by atoms with Crippen LogP contribution < -0.4 is 16.2 Å². The van der Waals surface area contributed by atoms with Crippen LogP contribution in [0.5, 0.6) is 5.75 Å². The smallest absolute Gasteiger partial charge is 0.125 e. The Morgan fingerprint density at radius 2 is 1.86 bits per heavy atom. The Hall–Kier alpha value is -0.770. The summed E-state index contributed by atoms with van der Waals surface area (Å²) in [6, 6.07) is 1.99. The topological polar surface area (TPSA) is 61.3 Å². The zero-order valence-electron chi connectivity index (χ0n) is 13.7. The summed E-state index contributed by atoms with van der Waals surface area (Å²) in [6.45, 7) is 10.4. The van der Waals surface area contributed by atoms with Gasteiger partial charge in [-0.2, -0.15) is 0 Å². The van der Waals surface area contributed by atoms with E-state index in [1.54, 1.807) is 0 Å². The molecular weight excluding hydrogens is 284 g/mol. The van der Waals surface area contributed by atoms with Gasteiger partial charge in [-0.1, -0.05) is 25.4 Å². The van der Waals surface area contributed by atoms with Gasteiger partial charge in [-0.3, -0.25) is 0 Å². The van der Waals surface area contributed by atoms with Crippen LogP contribution in [0.3, 0.4) is 0 Å². The maximum atomic E-state index is 6.35. The van der Waals surface area contributed by atoms with Crippen LogP contribution in [0.1, 0.15) is 37.0 Å². The highest BCUT2D eigenvalue weighted by Gasteiger charge is 2.20. The maximum Gasteiger partial charge on any atom is 0.125 e. The molecule has 120 valence electrons. The van der Waals surface area contributed by atoms with Crippen molar-refractivity contribution in [2.24, 2.45) is 23.3 Å². The van der Waals surface area contributed by atoms with E-state index in [9.17, 15) is 0 Å². The van der Waals surface area contributed by atoms with Gasteiger partial charge in [0.05, 0.1) is 6.61 Å². The quantitative estimate of drug-likeness (QED) is 0.772. The fourth-order valence-electron chi connectivity index (χ4n) is 2.62. The second-order valence-electron chi connectivity index (χ2n) is 5.87. The number of aryl methyl sites for hydroxylation is 1. The number of ether oxygens (including phenoxy) is 1. The third-order valence-electron chi connectivity index (χ3n) is 4.17. The minimum Gasteiger partial charge on any atom is -0.493 e. The van der Waals surface area contributed by atoms with Crippen LogP contribution in [0.15, 0.2) is 6.07 Å². The van der Waals surface area contributed by atoms with Crippen molar-refractivity contribution >= 4 is 11.6 Å². The fraction of sp³-hybridized carbons (Fsp3) is 0.647. The fourth-order valence-corrected chi connectivity index (χ4v) is 2.89. The van der Waals surface area contributed by atoms with Crippen LogP contribution in [0.25, 0.3) is 0 Å². The number of hydrogen-bond acceptors (Lipinski definition) is 3. The van der Waals surface area contributed by atoms with Crippen LogP contribution in [0.4, 0.5) is 0 Å². The molecule has 0 heterocycles. The summed E-state index contributed by atoms with van der Waals surface area (Å²) in [6.07, 6.45) is 1.88. The summed E-state index contributed by atoms with van der Waals surface area (Å²) in [5.41, 5.74) is 15.0. The van der Waals surface area contributed by atoms with Crippen molar-refractivity contribution in [3.05, 3.63) is 27.8 Å². The number of rotatable bonds is 8. The summed E-state index contributed by atoms with van der Waals surface area (Å²) in [5, 5.41) is 0.801. The zero-order chi connectivity index (χ0) is 16.0. The molecule has 0 saturated heterocycles. The molecule has 0 amide bonds. The van der Waals surface area contributed by atoms with Gasteiger partial charge in [0, 0.05) is 5.02 Å². The van der Waals surface area contributed by atoms with Crippen molar-refractivity contribution in [1.82, 2.24) is 0 Å². The molecule has 21 heavy (non-hydrogen) atoms. The number of halogens is 1. The Balaban J connectivity index is 3.13. The molecule has 0 saturated carbocycles. The monoisotopic (exact) mass is 312 g/mol. The van der Waals surface area contributed by atoms with Crippen molar-refractivity contribution in [2.45, 2.75) is 40.5 Å². The van der Waals surface area contributed by atoms with Gasteiger partial charge in [0.2, 0.25) is 0 Å². The first-order valence-corrected chi connectivity index (χ1v) is 8.15. The van der Waals surface area contributed by atoms with Gasteiger partial charge >= 0.3 is 0 Å². The highest BCUT2D eigenvalue weighted by molar-refractivity contribution is 6.31. The molecule has 0 spiro atoms. The SMILES string of the molecule is CCCOc1c(C)cc(Cl)c(C)c1CC(C)C(CN)CN. The molecule has 1 aromatic carbocycles. The Morgan fingerprint density at radius 1 is 1.24 bits per heavy atom. The summed E-state index contributed by atoms with van der Waals surface area (Å²) >= 11 is 6.35. The molecular formula is C17H29ClN2O. The Labute approximate surface area is 134 Å². The van der Waals surface area contributed by atoms with Crippen LogP contribution in [-0.4, -0.2) is 19.7 Å². The molecule has 1 rings (SSSR count). The third-order valence-corrected chi connectivity index (χ3v) is 4.57. The Bertz CT molecular complexity index is 459. The highest BCUT2D eigenvalue weighted by Crippen LogP contribution is 2.35. The van der Waals surface area contributed by atoms with Crippen LogP contribution in [0, 0.1) is 25.7 Å². The first-order chi connectivity index (χ1) is 9.96. The average Bonchev–Trinajstić information content (AvgIpc) is 2.45. The van der Waals surface area contributed by atoms with E-state index in [0.29, 0.717) is 24.9 Å². The third kappa shape index (κ3) is 4.60. The lowest BCUT2D eigenvalue weighted by Crippen LogP contribution is -2.30. The van der Waals surface area contributed by atoms with E-state index in [1.807, 2.05) is 13.0 Å². The lowest BCUT2D eigenvalue weighted by atomic mass is 9.86. The van der Waals surface area contributed by atoms with Crippen molar-refractivity contribution in [3.63, 3.8) is 0 Å². The van der Waals surface area contributed by atoms with Gasteiger partial charge in [0.25, 0.3) is 0 Å². The summed E-state index contributed by atoms with van der Waals surface area (Å²) in [7, 11) is 0. The van der Waals surface area contributed by atoms with E-state index in [1.165, 1.54) is 5.56 Å². The molecule has 0 aliphatic carbocycles. The van der Waals surface area contributed by atoms with E-state index in [2.05, 4.69) is 20.8 Å². The van der Waals surface area contributed by atoms with Crippen LogP contribution in [0.2, 0.25) is 5.02 Å².